The van der Waals surface area contributed by atoms with E-state index in [-0.39, 0.29) is 36.5 Å². The number of aryl methyl sites for hydroxylation is 1. The van der Waals surface area contributed by atoms with E-state index < -0.39 is 5.41 Å². The van der Waals surface area contributed by atoms with E-state index in [0.717, 1.165) is 47.2 Å². The highest BCUT2D eigenvalue weighted by Crippen LogP contribution is 2.53. The minimum atomic E-state index is -0.662. The molecule has 2 heterocycles. The number of carbonyl (C=O) groups excluding carboxylic acids is 2. The summed E-state index contributed by atoms with van der Waals surface area (Å²) in [5.41, 5.74) is 6.48. The molecule has 11 heteroatoms. The van der Waals surface area contributed by atoms with Crippen molar-refractivity contribution in [2.45, 2.75) is 111 Å². The Morgan fingerprint density at radius 1 is 1.15 bits per heavy atom. The van der Waals surface area contributed by atoms with Crippen LogP contribution in [0.2, 0.25) is 0 Å². The van der Waals surface area contributed by atoms with Crippen LogP contribution in [0.3, 0.4) is 0 Å². The van der Waals surface area contributed by atoms with Crippen LogP contribution >= 0.6 is 0 Å². The second-order valence-electron chi connectivity index (χ2n) is 14.2. The summed E-state index contributed by atoms with van der Waals surface area (Å²) in [5.74, 6) is 1.41. The molecule has 48 heavy (non-hydrogen) atoms. The maximum absolute atomic E-state index is 13.1. The lowest BCUT2D eigenvalue weighted by molar-refractivity contribution is -0.131. The first-order valence-electron chi connectivity index (χ1n) is 17.1. The number of piperidine rings is 1. The summed E-state index contributed by atoms with van der Waals surface area (Å²) in [4.78, 5) is 27.7. The molecule has 0 spiro atoms. The largest absolute Gasteiger partial charge is 0.383 e. The van der Waals surface area contributed by atoms with E-state index >= 15 is 0 Å². The average Bonchev–Trinajstić information content (AvgIpc) is 3.39. The van der Waals surface area contributed by atoms with Gasteiger partial charge in [0.25, 0.3) is 5.91 Å². The molecule has 1 saturated carbocycles. The average molecular weight is 656 g/mol. The van der Waals surface area contributed by atoms with Crippen LogP contribution in [0.25, 0.3) is 0 Å². The molecule has 1 aliphatic heterocycles. The predicted octanol–water partition coefficient (Wildman–Crippen LogP) is 4.72. The summed E-state index contributed by atoms with van der Waals surface area (Å²) in [5, 5.41) is 34.5. The summed E-state index contributed by atoms with van der Waals surface area (Å²) in [6.45, 7) is 24.7. The number of fused-ring (bicyclic) bond motifs is 2. The number of hydrogen-bond donors (Lipinski definition) is 4. The summed E-state index contributed by atoms with van der Waals surface area (Å²) in [7, 11) is 0. The van der Waals surface area contributed by atoms with Crippen LogP contribution in [-0.2, 0) is 16.6 Å². The van der Waals surface area contributed by atoms with Crippen LogP contribution in [0.4, 0.5) is 0 Å². The third-order valence-electron chi connectivity index (χ3n) is 10.1. The van der Waals surface area contributed by atoms with Crippen molar-refractivity contribution in [3.8, 4) is 6.07 Å². The van der Waals surface area contributed by atoms with Gasteiger partial charge in [-0.1, -0.05) is 42.5 Å². The molecule has 2 aliphatic carbocycles. The molecule has 0 radical (unpaired) electrons. The van der Waals surface area contributed by atoms with Gasteiger partial charge in [-0.25, -0.2) is 0 Å². The highest BCUT2D eigenvalue weighted by atomic mass is 16.2. The lowest BCUT2D eigenvalue weighted by atomic mass is 9.69. The van der Waals surface area contributed by atoms with Crippen molar-refractivity contribution in [1.82, 2.24) is 41.5 Å². The van der Waals surface area contributed by atoms with Gasteiger partial charge in [-0.2, -0.15) is 10.5 Å². The molecule has 11 nitrogen and oxygen atoms in total. The quantitative estimate of drug-likeness (QED) is 0.154. The highest BCUT2D eigenvalue weighted by Gasteiger charge is 2.60. The van der Waals surface area contributed by atoms with Crippen molar-refractivity contribution in [1.29, 1.82) is 5.26 Å². The van der Waals surface area contributed by atoms with Crippen molar-refractivity contribution in [3.05, 3.63) is 76.3 Å². The van der Waals surface area contributed by atoms with Crippen LogP contribution in [0.15, 0.2) is 53.8 Å². The number of hydrogen-bond acceptors (Lipinski definition) is 8. The number of H-pyrrole nitrogens is 1. The number of nitriles is 1. The van der Waals surface area contributed by atoms with Crippen molar-refractivity contribution >= 4 is 11.8 Å². The Bertz CT molecular complexity index is 1590. The van der Waals surface area contributed by atoms with E-state index in [4.69, 9.17) is 0 Å². The van der Waals surface area contributed by atoms with Gasteiger partial charge in [-0.05, 0) is 121 Å². The lowest BCUT2D eigenvalue weighted by Gasteiger charge is -2.34. The molecule has 0 bridgehead atoms. The van der Waals surface area contributed by atoms with Crippen molar-refractivity contribution in [3.63, 3.8) is 0 Å². The van der Waals surface area contributed by atoms with Crippen LogP contribution in [0.5, 0.6) is 0 Å². The van der Waals surface area contributed by atoms with Crippen LogP contribution in [-0.4, -0.2) is 74.6 Å². The maximum Gasteiger partial charge on any atom is 0.251 e. The van der Waals surface area contributed by atoms with Crippen molar-refractivity contribution in [2.24, 2.45) is 11.8 Å². The maximum atomic E-state index is 13.1. The summed E-state index contributed by atoms with van der Waals surface area (Å²) in [6, 6.07) is 8.60. The zero-order valence-corrected chi connectivity index (χ0v) is 29.9. The molecule has 258 valence electrons. The Balaban J connectivity index is 0.000000508. The Morgan fingerprint density at radius 3 is 2.44 bits per heavy atom. The Labute approximate surface area is 285 Å². The molecule has 4 N–H and O–H groups in total. The van der Waals surface area contributed by atoms with Crippen molar-refractivity contribution in [2.75, 3.05) is 13.1 Å². The predicted molar refractivity (Wildman–Crippen MR) is 188 cm³/mol. The highest BCUT2D eigenvalue weighted by molar-refractivity contribution is 5.94. The van der Waals surface area contributed by atoms with Gasteiger partial charge in [0.05, 0.1) is 18.0 Å². The molecule has 2 amide bonds. The third kappa shape index (κ3) is 7.70. The molecule has 1 saturated heterocycles. The molecule has 1 aromatic heterocycles. The van der Waals surface area contributed by atoms with Gasteiger partial charge in [0, 0.05) is 29.4 Å². The first-order valence-corrected chi connectivity index (χ1v) is 17.1. The van der Waals surface area contributed by atoms with E-state index in [1.807, 2.05) is 39.0 Å². The summed E-state index contributed by atoms with van der Waals surface area (Å²) < 4.78 is 0. The molecule has 5 atom stereocenters. The first-order chi connectivity index (χ1) is 22.7. The number of nitrogens with one attached hydrogen (secondary N) is 4. The van der Waals surface area contributed by atoms with E-state index in [0.29, 0.717) is 42.2 Å². The standard InChI is InChI=1S/C29H38N8O2.C8H15N/c1-16(2)32-27(39)21-8-9-24-20(12-21)7-6-17(3)19(5)29(24,28-33-35-36-34-28)10-11-31-15-25(38)37-22(14-30)13-23-18(4)26(23)37;1-6(2)8(5)9-7(3)4/h8-9,12,16,18,22-23,26,31H,6-7,10-11,13,15H2,1-5H3,(H,32,39)(H,33,34,35,36);7,9H,1,5H2,2-4H3. The molecule has 2 aromatic rings. The van der Waals surface area contributed by atoms with Gasteiger partial charge in [-0.3, -0.25) is 9.59 Å². The number of aromatic nitrogens is 4. The van der Waals surface area contributed by atoms with Gasteiger partial charge in [0.15, 0.2) is 5.82 Å². The van der Waals surface area contributed by atoms with Gasteiger partial charge in [0.2, 0.25) is 5.91 Å². The number of amides is 2. The van der Waals surface area contributed by atoms with Gasteiger partial charge < -0.3 is 20.9 Å². The molecular formula is C37H53N9O2. The summed E-state index contributed by atoms with van der Waals surface area (Å²) >= 11 is 0. The second-order valence-corrected chi connectivity index (χ2v) is 14.2. The smallest absolute Gasteiger partial charge is 0.251 e. The van der Waals surface area contributed by atoms with Crippen molar-refractivity contribution < 1.29 is 9.59 Å². The van der Waals surface area contributed by atoms with E-state index in [1.165, 1.54) is 5.57 Å². The van der Waals surface area contributed by atoms with Crippen LogP contribution < -0.4 is 16.0 Å². The topological polar surface area (TPSA) is 152 Å². The normalized spacial score (nSPS) is 24.1. The number of tetrazole rings is 1. The Morgan fingerprint density at radius 2 is 1.85 bits per heavy atom. The lowest BCUT2D eigenvalue weighted by Crippen LogP contribution is -2.44. The molecule has 3 aliphatic rings. The zero-order chi connectivity index (χ0) is 35.3. The minimum Gasteiger partial charge on any atom is -0.383 e. The number of likely N-dealkylation sites (tertiary alicyclic amines) is 1. The fourth-order valence-electron chi connectivity index (χ4n) is 7.25. The monoisotopic (exact) mass is 655 g/mol. The number of rotatable bonds is 11. The molecule has 5 rings (SSSR count). The minimum absolute atomic E-state index is 0.0162. The van der Waals surface area contributed by atoms with Gasteiger partial charge >= 0.3 is 0 Å². The Hall–Kier alpha value is -4.30. The SMILES string of the molecule is C=C(C)C(=C)NC(C)C.CC1=C(C)C(CCNCC(=O)N2C(C#N)CC3C(C)C32)(c2nn[nH]n2)c2ccc(C(=O)NC(C)C)cc2CC1. The molecular weight excluding hydrogens is 602 g/mol. The zero-order valence-electron chi connectivity index (χ0n) is 29.9. The molecule has 2 fully saturated rings. The van der Waals surface area contributed by atoms with Gasteiger partial charge in [0.1, 0.15) is 6.04 Å². The van der Waals surface area contributed by atoms with E-state index in [9.17, 15) is 14.9 Å². The summed E-state index contributed by atoms with van der Waals surface area (Å²) in [6.07, 6.45) is 3.06. The second kappa shape index (κ2) is 15.3. The van der Waals surface area contributed by atoms with Crippen LogP contribution in [0, 0.1) is 23.2 Å². The van der Waals surface area contributed by atoms with E-state index in [1.54, 1.807) is 4.90 Å². The molecule has 5 unspecified atom stereocenters. The fraction of sp³-hybridized carbons (Fsp3) is 0.568. The number of carbonyl (C=O) groups is 2. The number of aromatic amines is 1. The number of allylic oxidation sites excluding steroid dienone is 3. The Kier molecular flexibility index (Phi) is 11.6. The van der Waals surface area contributed by atoms with Gasteiger partial charge in [-0.15, -0.1) is 10.2 Å². The molecule has 1 aromatic carbocycles. The van der Waals surface area contributed by atoms with E-state index in [2.05, 4.69) is 90.4 Å². The van der Waals surface area contributed by atoms with Crippen LogP contribution in [0.1, 0.15) is 102 Å². The fourth-order valence-corrected chi connectivity index (χ4v) is 7.25. The third-order valence-corrected chi connectivity index (χ3v) is 10.1. The first kappa shape index (κ1) is 36.5. The number of benzene rings is 1. The number of nitrogens with zero attached hydrogens (tertiary/aromatic N) is 5.